The SMILES string of the molecule is CC(Cc1ccc(-n2ccc(NC(=O)N3CCNCC3)nc2=O)cc1)N1CC2(CNC2)C1. The highest BCUT2D eigenvalue weighted by atomic mass is 16.2. The van der Waals surface area contributed by atoms with Crippen LogP contribution in [0.1, 0.15) is 12.5 Å². The van der Waals surface area contributed by atoms with E-state index in [-0.39, 0.29) is 11.8 Å². The van der Waals surface area contributed by atoms with E-state index < -0.39 is 5.69 Å². The van der Waals surface area contributed by atoms with Crippen molar-refractivity contribution in [3.8, 4) is 5.69 Å². The Balaban J connectivity index is 1.19. The number of likely N-dealkylation sites (tertiary alicyclic amines) is 1. The van der Waals surface area contributed by atoms with Crippen LogP contribution in [0.4, 0.5) is 10.6 Å². The summed E-state index contributed by atoms with van der Waals surface area (Å²) in [4.78, 5) is 33.2. The number of nitrogens with zero attached hydrogens (tertiary/aromatic N) is 4. The lowest BCUT2D eigenvalue weighted by Gasteiger charge is -2.58. The van der Waals surface area contributed by atoms with Gasteiger partial charge in [0.1, 0.15) is 5.82 Å². The molecule has 0 aliphatic carbocycles. The Morgan fingerprint density at radius 2 is 1.84 bits per heavy atom. The van der Waals surface area contributed by atoms with Gasteiger partial charge in [-0.3, -0.25) is 14.8 Å². The average molecular weight is 438 g/mol. The second kappa shape index (κ2) is 8.65. The molecule has 3 fully saturated rings. The average Bonchev–Trinajstić information content (AvgIpc) is 2.73. The van der Waals surface area contributed by atoms with Crippen molar-refractivity contribution in [3.05, 3.63) is 52.6 Å². The predicted molar refractivity (Wildman–Crippen MR) is 123 cm³/mol. The number of urea groups is 1. The van der Waals surface area contributed by atoms with Gasteiger partial charge in [-0.05, 0) is 37.1 Å². The first-order valence-corrected chi connectivity index (χ1v) is 11.4. The molecule has 4 heterocycles. The van der Waals surface area contributed by atoms with Crippen LogP contribution in [0.3, 0.4) is 0 Å². The molecule has 2 aromatic rings. The van der Waals surface area contributed by atoms with Crippen molar-refractivity contribution in [2.24, 2.45) is 5.41 Å². The minimum absolute atomic E-state index is 0.226. The van der Waals surface area contributed by atoms with Crippen molar-refractivity contribution in [3.63, 3.8) is 0 Å². The monoisotopic (exact) mass is 437 g/mol. The number of nitrogens with one attached hydrogen (secondary N) is 3. The highest BCUT2D eigenvalue weighted by Gasteiger charge is 2.48. The maximum Gasteiger partial charge on any atom is 0.354 e. The van der Waals surface area contributed by atoms with Crippen molar-refractivity contribution >= 4 is 11.8 Å². The molecule has 0 saturated carbocycles. The minimum Gasteiger partial charge on any atom is -0.322 e. The van der Waals surface area contributed by atoms with Crippen molar-refractivity contribution in [2.45, 2.75) is 19.4 Å². The van der Waals surface area contributed by atoms with E-state index in [0.717, 1.165) is 38.3 Å². The van der Waals surface area contributed by atoms with E-state index in [1.807, 2.05) is 12.1 Å². The first kappa shape index (κ1) is 21.1. The highest BCUT2D eigenvalue weighted by molar-refractivity contribution is 5.88. The van der Waals surface area contributed by atoms with Crippen LogP contribution in [0, 0.1) is 5.41 Å². The van der Waals surface area contributed by atoms with Crippen LogP contribution >= 0.6 is 0 Å². The lowest BCUT2D eigenvalue weighted by Crippen LogP contribution is -2.72. The summed E-state index contributed by atoms with van der Waals surface area (Å²) in [6.07, 6.45) is 2.65. The van der Waals surface area contributed by atoms with Gasteiger partial charge in [-0.1, -0.05) is 12.1 Å². The fraction of sp³-hybridized carbons (Fsp3) is 0.522. The Morgan fingerprint density at radius 3 is 2.47 bits per heavy atom. The summed E-state index contributed by atoms with van der Waals surface area (Å²) in [5.41, 5.74) is 2.16. The second-order valence-electron chi connectivity index (χ2n) is 9.36. The van der Waals surface area contributed by atoms with Gasteiger partial charge >= 0.3 is 11.7 Å². The van der Waals surface area contributed by atoms with E-state index in [2.05, 4.69) is 44.9 Å². The van der Waals surface area contributed by atoms with E-state index in [0.29, 0.717) is 24.5 Å². The van der Waals surface area contributed by atoms with Crippen LogP contribution in [0.15, 0.2) is 41.3 Å². The molecule has 3 saturated heterocycles. The van der Waals surface area contributed by atoms with Crippen molar-refractivity contribution in [1.29, 1.82) is 0 Å². The molecule has 3 N–H and O–H groups in total. The largest absolute Gasteiger partial charge is 0.354 e. The summed E-state index contributed by atoms with van der Waals surface area (Å²) in [6, 6.07) is 10.0. The molecule has 1 spiro atoms. The maximum atomic E-state index is 12.6. The Morgan fingerprint density at radius 1 is 1.12 bits per heavy atom. The fourth-order valence-electron chi connectivity index (χ4n) is 4.82. The third kappa shape index (κ3) is 4.28. The molecule has 0 radical (unpaired) electrons. The van der Waals surface area contributed by atoms with Gasteiger partial charge < -0.3 is 15.5 Å². The zero-order chi connectivity index (χ0) is 22.1. The zero-order valence-electron chi connectivity index (χ0n) is 18.5. The molecule has 1 atom stereocenters. The van der Waals surface area contributed by atoms with Gasteiger partial charge in [0.15, 0.2) is 0 Å². The predicted octanol–water partition coefficient (Wildman–Crippen LogP) is 0.506. The Hall–Kier alpha value is -2.75. The molecule has 0 bridgehead atoms. The molecule has 9 nitrogen and oxygen atoms in total. The quantitative estimate of drug-likeness (QED) is 0.631. The number of hydrogen-bond acceptors (Lipinski definition) is 6. The van der Waals surface area contributed by atoms with Crippen molar-refractivity contribution in [1.82, 2.24) is 30.0 Å². The van der Waals surface area contributed by atoms with E-state index in [1.165, 1.54) is 23.2 Å². The van der Waals surface area contributed by atoms with E-state index >= 15 is 0 Å². The number of aromatic nitrogens is 2. The second-order valence-corrected chi connectivity index (χ2v) is 9.36. The molecule has 32 heavy (non-hydrogen) atoms. The first-order chi connectivity index (χ1) is 15.5. The maximum absolute atomic E-state index is 12.6. The molecule has 3 aliphatic heterocycles. The van der Waals surface area contributed by atoms with Crippen LogP contribution in [0.25, 0.3) is 5.69 Å². The van der Waals surface area contributed by atoms with E-state index in [9.17, 15) is 9.59 Å². The number of piperazine rings is 1. The van der Waals surface area contributed by atoms with Gasteiger partial charge in [0.2, 0.25) is 0 Å². The lowest BCUT2D eigenvalue weighted by molar-refractivity contribution is -0.0606. The Kier molecular flexibility index (Phi) is 5.71. The summed E-state index contributed by atoms with van der Waals surface area (Å²) < 4.78 is 1.50. The standard InChI is InChI=1S/C23H31N7O2/c1-17(29-15-23(16-29)13-25-14-23)12-18-2-4-19(5-3-18)30-9-6-20(27-22(30)32)26-21(31)28-10-7-24-8-11-28/h2-6,9,17,24-25H,7-8,10-16H2,1H3,(H,26,27,31,32). The van der Waals surface area contributed by atoms with Gasteiger partial charge in [-0.15, -0.1) is 0 Å². The topological polar surface area (TPSA) is 94.5 Å². The summed E-state index contributed by atoms with van der Waals surface area (Å²) in [5, 5.41) is 9.31. The number of hydrogen-bond donors (Lipinski definition) is 3. The molecule has 1 aromatic carbocycles. The fourth-order valence-corrected chi connectivity index (χ4v) is 4.82. The normalized spacial score (nSPS) is 21.0. The summed E-state index contributed by atoms with van der Waals surface area (Å²) in [7, 11) is 0. The van der Waals surface area contributed by atoms with Crippen LogP contribution in [0.5, 0.6) is 0 Å². The van der Waals surface area contributed by atoms with Crippen LogP contribution in [-0.4, -0.2) is 83.8 Å². The summed E-state index contributed by atoms with van der Waals surface area (Å²) >= 11 is 0. The van der Waals surface area contributed by atoms with Gasteiger partial charge in [-0.2, -0.15) is 4.98 Å². The third-order valence-electron chi connectivity index (χ3n) is 6.89. The molecule has 2 amide bonds. The first-order valence-electron chi connectivity index (χ1n) is 11.4. The summed E-state index contributed by atoms with van der Waals surface area (Å²) in [5.74, 6) is 0.272. The smallest absolute Gasteiger partial charge is 0.322 e. The van der Waals surface area contributed by atoms with Crippen molar-refractivity contribution in [2.75, 3.05) is 57.7 Å². The molecule has 170 valence electrons. The van der Waals surface area contributed by atoms with Crippen LogP contribution < -0.4 is 21.6 Å². The number of amides is 2. The number of rotatable bonds is 5. The van der Waals surface area contributed by atoms with Crippen LogP contribution in [-0.2, 0) is 6.42 Å². The Bertz CT molecular complexity index is 1020. The van der Waals surface area contributed by atoms with Gasteiger partial charge in [0.05, 0.1) is 5.69 Å². The van der Waals surface area contributed by atoms with E-state index in [1.54, 1.807) is 17.2 Å². The minimum atomic E-state index is -0.413. The molecule has 1 unspecified atom stereocenters. The van der Waals surface area contributed by atoms with Crippen molar-refractivity contribution < 1.29 is 4.79 Å². The number of benzene rings is 1. The van der Waals surface area contributed by atoms with Gasteiger partial charge in [0, 0.05) is 70.0 Å². The molecule has 3 aliphatic rings. The molecule has 9 heteroatoms. The molecular weight excluding hydrogens is 406 g/mol. The molecule has 1 aromatic heterocycles. The Labute approximate surface area is 187 Å². The number of carbonyl (C=O) groups excluding carboxylic acids is 1. The third-order valence-corrected chi connectivity index (χ3v) is 6.89. The zero-order valence-corrected chi connectivity index (χ0v) is 18.5. The van der Waals surface area contributed by atoms with Gasteiger partial charge in [0.25, 0.3) is 0 Å². The number of carbonyl (C=O) groups is 1. The van der Waals surface area contributed by atoms with Crippen LogP contribution in [0.2, 0.25) is 0 Å². The molecular formula is C23H31N7O2. The number of anilines is 1. The highest BCUT2D eigenvalue weighted by Crippen LogP contribution is 2.35. The molecule has 5 rings (SSSR count). The lowest BCUT2D eigenvalue weighted by atomic mass is 9.73. The summed E-state index contributed by atoms with van der Waals surface area (Å²) in [6.45, 7) is 9.82. The van der Waals surface area contributed by atoms with Gasteiger partial charge in [-0.25, -0.2) is 9.59 Å². The van der Waals surface area contributed by atoms with E-state index in [4.69, 9.17) is 0 Å².